The van der Waals surface area contributed by atoms with Crippen LogP contribution >= 0.6 is 11.3 Å². The number of nitrogens with one attached hydrogen (secondary N) is 1. The molecule has 6 nitrogen and oxygen atoms in total. The molecule has 30 heavy (non-hydrogen) atoms. The van der Waals surface area contributed by atoms with E-state index in [4.69, 9.17) is 4.74 Å². The summed E-state index contributed by atoms with van der Waals surface area (Å²) >= 11 is 1.35. The summed E-state index contributed by atoms with van der Waals surface area (Å²) in [4.78, 5) is 34.3. The van der Waals surface area contributed by atoms with Crippen molar-refractivity contribution < 1.29 is 14.3 Å². The molecule has 2 heterocycles. The molecule has 2 aromatic carbocycles. The monoisotopic (exact) mass is 415 g/mol. The van der Waals surface area contributed by atoms with Crippen LogP contribution in [-0.2, 0) is 0 Å². The second kappa shape index (κ2) is 8.67. The predicted octanol–water partition coefficient (Wildman–Crippen LogP) is 5.12. The summed E-state index contributed by atoms with van der Waals surface area (Å²) < 4.78 is 5.62. The number of ketones is 1. The molecule has 1 amide bonds. The lowest BCUT2D eigenvalue weighted by atomic mass is 10.0. The van der Waals surface area contributed by atoms with E-state index in [1.165, 1.54) is 11.3 Å². The molecule has 4 aromatic rings. The van der Waals surface area contributed by atoms with Gasteiger partial charge in [-0.25, -0.2) is 9.97 Å². The molecule has 148 valence electrons. The van der Waals surface area contributed by atoms with E-state index in [0.717, 1.165) is 5.56 Å². The Labute approximate surface area is 177 Å². The van der Waals surface area contributed by atoms with Crippen LogP contribution in [0.3, 0.4) is 0 Å². The highest BCUT2D eigenvalue weighted by Crippen LogP contribution is 2.25. The number of hydrogen-bond acceptors (Lipinski definition) is 6. The summed E-state index contributed by atoms with van der Waals surface area (Å²) in [6, 6.07) is 17.6. The van der Waals surface area contributed by atoms with Gasteiger partial charge in [0.05, 0.1) is 10.4 Å². The first-order valence-electron chi connectivity index (χ1n) is 9.16. The molecule has 0 saturated carbocycles. The highest BCUT2D eigenvalue weighted by molar-refractivity contribution is 7.12. The number of rotatable bonds is 6. The minimum Gasteiger partial charge on any atom is -0.424 e. The van der Waals surface area contributed by atoms with Gasteiger partial charge in [-0.15, -0.1) is 11.3 Å². The number of amides is 1. The van der Waals surface area contributed by atoms with Crippen molar-refractivity contribution in [3.8, 4) is 11.8 Å². The average Bonchev–Trinajstić information content (AvgIpc) is 3.31. The number of carbonyl (C=O) groups is 2. The Morgan fingerprint density at radius 2 is 1.70 bits per heavy atom. The minimum absolute atomic E-state index is 0.168. The van der Waals surface area contributed by atoms with Gasteiger partial charge in [0.25, 0.3) is 5.91 Å². The molecule has 2 aromatic heterocycles. The Balaban J connectivity index is 1.54. The molecule has 0 unspecified atom stereocenters. The van der Waals surface area contributed by atoms with Crippen molar-refractivity contribution in [1.29, 1.82) is 0 Å². The smallest absolute Gasteiger partial charge is 0.321 e. The lowest BCUT2D eigenvalue weighted by Gasteiger charge is -2.12. The predicted molar refractivity (Wildman–Crippen MR) is 115 cm³/mol. The standard InChI is InChI=1S/C23H17N3O3S/c1-15-14-16(29-23-24-11-5-12-25-23)9-10-19(15)26-22(28)18-7-3-2-6-17(18)21(27)20-8-4-13-30-20/h2-14H,1H3,(H,26,28). The van der Waals surface area contributed by atoms with Gasteiger partial charge in [-0.2, -0.15) is 0 Å². The van der Waals surface area contributed by atoms with Crippen LogP contribution in [0.15, 0.2) is 78.4 Å². The number of anilines is 1. The number of aryl methyl sites for hydroxylation is 1. The number of thiophene rings is 1. The van der Waals surface area contributed by atoms with Gasteiger partial charge in [0.2, 0.25) is 5.78 Å². The summed E-state index contributed by atoms with van der Waals surface area (Å²) in [5, 5.41) is 4.72. The Bertz CT molecular complexity index is 1190. The molecule has 0 fully saturated rings. The highest BCUT2D eigenvalue weighted by Gasteiger charge is 2.19. The molecule has 0 radical (unpaired) electrons. The van der Waals surface area contributed by atoms with E-state index in [-0.39, 0.29) is 17.7 Å². The molecule has 0 aliphatic carbocycles. The van der Waals surface area contributed by atoms with Gasteiger partial charge in [0.1, 0.15) is 5.75 Å². The van der Waals surface area contributed by atoms with Crippen LogP contribution in [0.1, 0.15) is 31.2 Å². The van der Waals surface area contributed by atoms with E-state index < -0.39 is 0 Å². The fourth-order valence-electron chi connectivity index (χ4n) is 2.89. The second-order valence-electron chi connectivity index (χ2n) is 6.42. The van der Waals surface area contributed by atoms with Crippen LogP contribution in [0.4, 0.5) is 5.69 Å². The third-order valence-corrected chi connectivity index (χ3v) is 5.23. The Morgan fingerprint density at radius 3 is 2.40 bits per heavy atom. The SMILES string of the molecule is Cc1cc(Oc2ncccn2)ccc1NC(=O)c1ccccc1C(=O)c1cccs1. The average molecular weight is 415 g/mol. The highest BCUT2D eigenvalue weighted by atomic mass is 32.1. The first kappa shape index (κ1) is 19.5. The normalized spacial score (nSPS) is 10.4. The number of ether oxygens (including phenoxy) is 1. The maximum Gasteiger partial charge on any atom is 0.321 e. The van der Waals surface area contributed by atoms with Crippen molar-refractivity contribution >= 4 is 28.7 Å². The van der Waals surface area contributed by atoms with Crippen LogP contribution in [0.2, 0.25) is 0 Å². The van der Waals surface area contributed by atoms with Crippen molar-refractivity contribution in [2.24, 2.45) is 0 Å². The lowest BCUT2D eigenvalue weighted by Crippen LogP contribution is -2.17. The van der Waals surface area contributed by atoms with Crippen molar-refractivity contribution in [3.63, 3.8) is 0 Å². The van der Waals surface area contributed by atoms with Crippen LogP contribution in [0.5, 0.6) is 11.8 Å². The fourth-order valence-corrected chi connectivity index (χ4v) is 3.57. The van der Waals surface area contributed by atoms with Gasteiger partial charge in [0, 0.05) is 23.6 Å². The molecular weight excluding hydrogens is 398 g/mol. The lowest BCUT2D eigenvalue weighted by molar-refractivity contribution is 0.0997. The van der Waals surface area contributed by atoms with E-state index in [1.54, 1.807) is 67.0 Å². The number of benzene rings is 2. The molecule has 0 aliphatic rings. The Kier molecular flexibility index (Phi) is 5.63. The fraction of sp³-hybridized carbons (Fsp3) is 0.0435. The maximum absolute atomic E-state index is 12.9. The molecule has 0 saturated heterocycles. The Morgan fingerprint density at radius 1 is 0.933 bits per heavy atom. The number of nitrogens with zero attached hydrogens (tertiary/aromatic N) is 2. The van der Waals surface area contributed by atoms with E-state index in [2.05, 4.69) is 15.3 Å². The second-order valence-corrected chi connectivity index (χ2v) is 7.36. The summed E-state index contributed by atoms with van der Waals surface area (Å²) in [7, 11) is 0. The van der Waals surface area contributed by atoms with E-state index >= 15 is 0 Å². The zero-order valence-electron chi connectivity index (χ0n) is 16.0. The molecule has 0 atom stereocenters. The number of carbonyl (C=O) groups excluding carboxylic acids is 2. The van der Waals surface area contributed by atoms with Crippen molar-refractivity contribution in [2.45, 2.75) is 6.92 Å². The van der Waals surface area contributed by atoms with Gasteiger partial charge >= 0.3 is 6.01 Å². The third-order valence-electron chi connectivity index (χ3n) is 4.36. The topological polar surface area (TPSA) is 81.2 Å². The molecule has 7 heteroatoms. The first-order valence-corrected chi connectivity index (χ1v) is 10.0. The van der Waals surface area contributed by atoms with Crippen molar-refractivity contribution in [2.75, 3.05) is 5.32 Å². The van der Waals surface area contributed by atoms with Crippen molar-refractivity contribution in [3.05, 3.63) is 100 Å². The van der Waals surface area contributed by atoms with E-state index in [1.807, 2.05) is 18.4 Å². The summed E-state index contributed by atoms with van der Waals surface area (Å²) in [5.41, 5.74) is 2.13. The van der Waals surface area contributed by atoms with Gasteiger partial charge in [-0.3, -0.25) is 9.59 Å². The van der Waals surface area contributed by atoms with E-state index in [9.17, 15) is 9.59 Å². The summed E-state index contributed by atoms with van der Waals surface area (Å²) in [6.45, 7) is 1.86. The van der Waals surface area contributed by atoms with Gasteiger partial charge < -0.3 is 10.1 Å². The minimum atomic E-state index is -0.348. The van der Waals surface area contributed by atoms with Crippen LogP contribution in [0, 0.1) is 6.92 Å². The van der Waals surface area contributed by atoms with Crippen LogP contribution < -0.4 is 10.1 Å². The molecule has 0 bridgehead atoms. The summed E-state index contributed by atoms with van der Waals surface area (Å²) in [5.74, 6) is 0.0442. The zero-order chi connectivity index (χ0) is 20.9. The zero-order valence-corrected chi connectivity index (χ0v) is 16.8. The molecule has 0 aliphatic heterocycles. The van der Waals surface area contributed by atoms with Gasteiger partial charge in [-0.1, -0.05) is 24.3 Å². The molecule has 1 N–H and O–H groups in total. The van der Waals surface area contributed by atoms with Crippen LogP contribution in [0.25, 0.3) is 0 Å². The first-order chi connectivity index (χ1) is 14.6. The number of hydrogen-bond donors (Lipinski definition) is 1. The van der Waals surface area contributed by atoms with E-state index in [0.29, 0.717) is 27.4 Å². The van der Waals surface area contributed by atoms with Crippen molar-refractivity contribution in [1.82, 2.24) is 9.97 Å². The molecule has 0 spiro atoms. The quantitative estimate of drug-likeness (QED) is 0.442. The molecular formula is C23H17N3O3S. The largest absolute Gasteiger partial charge is 0.424 e. The van der Waals surface area contributed by atoms with Gasteiger partial charge in [0.15, 0.2) is 0 Å². The third kappa shape index (κ3) is 4.26. The Hall–Kier alpha value is -3.84. The molecule has 4 rings (SSSR count). The summed E-state index contributed by atoms with van der Waals surface area (Å²) in [6.07, 6.45) is 3.19. The maximum atomic E-state index is 12.9. The van der Waals surface area contributed by atoms with Crippen LogP contribution in [-0.4, -0.2) is 21.7 Å². The van der Waals surface area contributed by atoms with Gasteiger partial charge in [-0.05, 0) is 54.3 Å². The number of aromatic nitrogens is 2.